The minimum Gasteiger partial charge on any atom is -0.331 e. The topological polar surface area (TPSA) is 53.2 Å². The highest BCUT2D eigenvalue weighted by Gasteiger charge is 2.27. The minimum atomic E-state index is -0.300. The van der Waals surface area contributed by atoms with Gasteiger partial charge in [0.1, 0.15) is 5.82 Å². The van der Waals surface area contributed by atoms with Gasteiger partial charge in [0.2, 0.25) is 0 Å². The Morgan fingerprint density at radius 3 is 2.52 bits per heavy atom. The molecule has 0 saturated carbocycles. The van der Waals surface area contributed by atoms with E-state index in [1.807, 2.05) is 0 Å². The lowest BCUT2D eigenvalue weighted by atomic mass is 9.79. The van der Waals surface area contributed by atoms with Crippen LogP contribution in [0.5, 0.6) is 0 Å². The average Bonchev–Trinajstić information content (AvgIpc) is 2.37. The molecule has 1 aromatic rings. The minimum absolute atomic E-state index is 0.0537. The van der Waals surface area contributed by atoms with Gasteiger partial charge in [-0.05, 0) is 48.3 Å². The Balaban J connectivity index is 1.86. The highest BCUT2D eigenvalue weighted by atomic mass is 32.1. The summed E-state index contributed by atoms with van der Waals surface area (Å²) in [6.45, 7) is 4.10. The number of ketones is 1. The smallest absolute Gasteiger partial charge is 0.189 e. The summed E-state index contributed by atoms with van der Waals surface area (Å²) in [5, 5.41) is 3.27. The van der Waals surface area contributed by atoms with Crippen LogP contribution < -0.4 is 16.2 Å². The average molecular weight is 307 g/mol. The van der Waals surface area contributed by atoms with Crippen molar-refractivity contribution in [3.63, 3.8) is 0 Å². The molecule has 0 unspecified atom stereocenters. The van der Waals surface area contributed by atoms with Crippen molar-refractivity contribution in [3.8, 4) is 0 Å². The Hall–Kier alpha value is -1.95. The van der Waals surface area contributed by atoms with E-state index in [4.69, 9.17) is 12.2 Å². The molecule has 2 rings (SSSR count). The highest BCUT2D eigenvalue weighted by molar-refractivity contribution is 7.80. The Morgan fingerprint density at radius 2 is 1.90 bits per heavy atom. The zero-order chi connectivity index (χ0) is 15.5. The third-order valence-electron chi connectivity index (χ3n) is 3.10. The van der Waals surface area contributed by atoms with Gasteiger partial charge in [0.15, 0.2) is 10.9 Å². The SMILES string of the molecule is CC1(C)CC(=O)C=C(NNC(=S)Nc2ccc(F)cc2)C1. The van der Waals surface area contributed by atoms with E-state index in [1.165, 1.54) is 12.1 Å². The summed E-state index contributed by atoms with van der Waals surface area (Å²) in [6, 6.07) is 5.89. The van der Waals surface area contributed by atoms with Crippen molar-refractivity contribution in [3.05, 3.63) is 41.9 Å². The van der Waals surface area contributed by atoms with Gasteiger partial charge in [0.05, 0.1) is 0 Å². The second-order valence-corrected chi connectivity index (χ2v) is 6.27. The first-order chi connectivity index (χ1) is 9.84. The van der Waals surface area contributed by atoms with Crippen LogP contribution in [0.3, 0.4) is 0 Å². The zero-order valence-electron chi connectivity index (χ0n) is 12.0. The highest BCUT2D eigenvalue weighted by Crippen LogP contribution is 2.32. The first kappa shape index (κ1) is 15.4. The van der Waals surface area contributed by atoms with Gasteiger partial charge in [-0.25, -0.2) is 4.39 Å². The maximum atomic E-state index is 12.8. The van der Waals surface area contributed by atoms with Gasteiger partial charge >= 0.3 is 0 Å². The molecule has 21 heavy (non-hydrogen) atoms. The first-order valence-electron chi connectivity index (χ1n) is 6.66. The number of hydrogen-bond donors (Lipinski definition) is 3. The third kappa shape index (κ3) is 4.82. The fourth-order valence-electron chi connectivity index (χ4n) is 2.26. The number of nitrogens with one attached hydrogen (secondary N) is 3. The number of carbonyl (C=O) groups excluding carboxylic acids is 1. The van der Waals surface area contributed by atoms with Gasteiger partial charge in [0.25, 0.3) is 0 Å². The maximum Gasteiger partial charge on any atom is 0.189 e. The predicted octanol–water partition coefficient (Wildman–Crippen LogP) is 2.89. The number of carbonyl (C=O) groups is 1. The number of hydrazine groups is 1. The van der Waals surface area contributed by atoms with Crippen molar-refractivity contribution in [1.29, 1.82) is 0 Å². The van der Waals surface area contributed by atoms with Gasteiger partial charge < -0.3 is 10.7 Å². The van der Waals surface area contributed by atoms with E-state index in [0.29, 0.717) is 17.2 Å². The molecular weight excluding hydrogens is 289 g/mol. The van der Waals surface area contributed by atoms with Gasteiger partial charge in [-0.1, -0.05) is 13.8 Å². The molecule has 0 fully saturated rings. The Morgan fingerprint density at radius 1 is 1.24 bits per heavy atom. The lowest BCUT2D eigenvalue weighted by molar-refractivity contribution is -0.117. The van der Waals surface area contributed by atoms with Crippen LogP contribution in [0.2, 0.25) is 0 Å². The van der Waals surface area contributed by atoms with Crippen molar-refractivity contribution >= 4 is 28.8 Å². The summed E-state index contributed by atoms with van der Waals surface area (Å²) >= 11 is 5.13. The zero-order valence-corrected chi connectivity index (χ0v) is 12.8. The Bertz CT molecular complexity index is 581. The van der Waals surface area contributed by atoms with E-state index in [0.717, 1.165) is 12.1 Å². The number of halogens is 1. The lowest BCUT2D eigenvalue weighted by Crippen LogP contribution is -2.41. The molecule has 0 aliphatic heterocycles. The molecular formula is C15H18FN3OS. The van der Waals surface area contributed by atoms with Crippen LogP contribution in [0.25, 0.3) is 0 Å². The molecule has 0 bridgehead atoms. The molecule has 0 aromatic heterocycles. The van der Waals surface area contributed by atoms with E-state index in [1.54, 1.807) is 18.2 Å². The first-order valence-corrected chi connectivity index (χ1v) is 7.07. The fourth-order valence-corrected chi connectivity index (χ4v) is 2.43. The molecule has 1 aliphatic carbocycles. The van der Waals surface area contributed by atoms with Gasteiger partial charge in [-0.3, -0.25) is 10.2 Å². The van der Waals surface area contributed by atoms with E-state index < -0.39 is 0 Å². The number of thiocarbonyl (C=S) groups is 1. The second-order valence-electron chi connectivity index (χ2n) is 5.86. The van der Waals surface area contributed by atoms with Crippen LogP contribution in [0.4, 0.5) is 10.1 Å². The summed E-state index contributed by atoms with van der Waals surface area (Å²) in [4.78, 5) is 11.6. The van der Waals surface area contributed by atoms with Gasteiger partial charge in [-0.15, -0.1) is 0 Å². The summed E-state index contributed by atoms with van der Waals surface area (Å²) in [6.07, 6.45) is 2.92. The van der Waals surface area contributed by atoms with Crippen LogP contribution in [-0.2, 0) is 4.79 Å². The fraction of sp³-hybridized carbons (Fsp3) is 0.333. The third-order valence-corrected chi connectivity index (χ3v) is 3.30. The van der Waals surface area contributed by atoms with Gasteiger partial charge in [0, 0.05) is 23.9 Å². The van der Waals surface area contributed by atoms with E-state index in [9.17, 15) is 9.18 Å². The van der Waals surface area contributed by atoms with Crippen molar-refractivity contribution in [1.82, 2.24) is 10.9 Å². The van der Waals surface area contributed by atoms with Crippen LogP contribution >= 0.6 is 12.2 Å². The number of rotatable bonds is 3. The quantitative estimate of drug-likeness (QED) is 0.592. The molecule has 1 aromatic carbocycles. The summed E-state index contributed by atoms with van der Waals surface area (Å²) in [7, 11) is 0. The van der Waals surface area contributed by atoms with Crippen LogP contribution in [0, 0.1) is 11.2 Å². The molecule has 0 heterocycles. The van der Waals surface area contributed by atoms with Crippen molar-refractivity contribution < 1.29 is 9.18 Å². The van der Waals surface area contributed by atoms with Gasteiger partial charge in [-0.2, -0.15) is 0 Å². The molecule has 0 saturated heterocycles. The largest absolute Gasteiger partial charge is 0.331 e. The normalized spacial score (nSPS) is 16.9. The van der Waals surface area contributed by atoms with Crippen molar-refractivity contribution in [2.24, 2.45) is 5.41 Å². The van der Waals surface area contributed by atoms with E-state index in [2.05, 4.69) is 30.0 Å². The lowest BCUT2D eigenvalue weighted by Gasteiger charge is -2.29. The summed E-state index contributed by atoms with van der Waals surface area (Å²) in [5.41, 5.74) is 7.22. The molecule has 0 spiro atoms. The predicted molar refractivity (Wildman–Crippen MR) is 85.0 cm³/mol. The van der Waals surface area contributed by atoms with Crippen molar-refractivity contribution in [2.75, 3.05) is 5.32 Å². The van der Waals surface area contributed by atoms with Crippen LogP contribution in [-0.4, -0.2) is 10.9 Å². The Labute approximate surface area is 128 Å². The number of anilines is 1. The molecule has 112 valence electrons. The monoisotopic (exact) mass is 307 g/mol. The molecule has 4 nitrogen and oxygen atoms in total. The standard InChI is InChI=1S/C15H18FN3OS/c1-15(2)8-12(7-13(20)9-15)18-19-14(21)17-11-5-3-10(16)4-6-11/h3-7,18H,8-9H2,1-2H3,(H2,17,19,21). The van der Waals surface area contributed by atoms with E-state index >= 15 is 0 Å². The van der Waals surface area contributed by atoms with Crippen LogP contribution in [0.15, 0.2) is 36.0 Å². The molecule has 0 amide bonds. The number of benzene rings is 1. The van der Waals surface area contributed by atoms with Crippen molar-refractivity contribution in [2.45, 2.75) is 26.7 Å². The number of hydrogen-bond acceptors (Lipinski definition) is 3. The summed E-state index contributed by atoms with van der Waals surface area (Å²) in [5.74, 6) is -0.196. The number of allylic oxidation sites excluding steroid dienone is 2. The molecule has 0 atom stereocenters. The van der Waals surface area contributed by atoms with Crippen LogP contribution in [0.1, 0.15) is 26.7 Å². The molecule has 1 aliphatic rings. The molecule has 3 N–H and O–H groups in total. The maximum absolute atomic E-state index is 12.8. The Kier molecular flexibility index (Phi) is 4.57. The molecule has 6 heteroatoms. The summed E-state index contributed by atoms with van der Waals surface area (Å²) < 4.78 is 12.8. The molecule has 0 radical (unpaired) electrons. The van der Waals surface area contributed by atoms with E-state index in [-0.39, 0.29) is 17.0 Å². The second kappa shape index (κ2) is 6.22.